The minimum atomic E-state index is -0.422. The molecule has 0 unspecified atom stereocenters. The highest BCUT2D eigenvalue weighted by molar-refractivity contribution is 6.05. The van der Waals surface area contributed by atoms with Crippen molar-refractivity contribution in [2.45, 2.75) is 6.92 Å². The summed E-state index contributed by atoms with van der Waals surface area (Å²) in [5, 5.41) is 2.58. The SMILES string of the molecule is CC(=O)c1cc(C(=O)Nc2cccc(F)c2)n(C)c1. The van der Waals surface area contributed by atoms with E-state index in [2.05, 4.69) is 5.32 Å². The maximum atomic E-state index is 13.0. The van der Waals surface area contributed by atoms with Crippen LogP contribution in [0.3, 0.4) is 0 Å². The van der Waals surface area contributed by atoms with Crippen molar-refractivity contribution in [1.29, 1.82) is 0 Å². The Morgan fingerprint density at radius 1 is 1.26 bits per heavy atom. The number of ketones is 1. The van der Waals surface area contributed by atoms with Gasteiger partial charge in [0.1, 0.15) is 11.5 Å². The summed E-state index contributed by atoms with van der Waals surface area (Å²) in [6, 6.07) is 7.14. The minimum Gasteiger partial charge on any atom is -0.346 e. The molecule has 0 aliphatic carbocycles. The first-order valence-corrected chi connectivity index (χ1v) is 5.71. The molecule has 0 saturated carbocycles. The molecule has 0 bridgehead atoms. The van der Waals surface area contributed by atoms with Crippen molar-refractivity contribution in [3.63, 3.8) is 0 Å². The highest BCUT2D eigenvalue weighted by Gasteiger charge is 2.14. The van der Waals surface area contributed by atoms with Crippen LogP contribution in [0.1, 0.15) is 27.8 Å². The second kappa shape index (κ2) is 5.06. The van der Waals surface area contributed by atoms with Crippen molar-refractivity contribution < 1.29 is 14.0 Å². The molecule has 0 atom stereocenters. The Labute approximate surface area is 109 Å². The number of hydrogen-bond acceptors (Lipinski definition) is 2. The number of anilines is 1. The van der Waals surface area contributed by atoms with Gasteiger partial charge in [-0.1, -0.05) is 6.07 Å². The number of rotatable bonds is 3. The number of carbonyl (C=O) groups excluding carboxylic acids is 2. The van der Waals surface area contributed by atoms with E-state index in [-0.39, 0.29) is 11.7 Å². The summed E-state index contributed by atoms with van der Waals surface area (Å²) in [4.78, 5) is 23.3. The van der Waals surface area contributed by atoms with E-state index < -0.39 is 5.82 Å². The molecule has 1 amide bonds. The summed E-state index contributed by atoms with van der Waals surface area (Å²) in [5.74, 6) is -0.921. The number of nitrogens with zero attached hydrogens (tertiary/aromatic N) is 1. The fraction of sp³-hybridized carbons (Fsp3) is 0.143. The fourth-order valence-corrected chi connectivity index (χ4v) is 1.74. The van der Waals surface area contributed by atoms with E-state index in [0.29, 0.717) is 16.9 Å². The van der Waals surface area contributed by atoms with Crippen molar-refractivity contribution in [3.05, 3.63) is 53.6 Å². The quantitative estimate of drug-likeness (QED) is 0.862. The Hall–Kier alpha value is -2.43. The molecule has 0 aliphatic heterocycles. The molecular weight excluding hydrogens is 247 g/mol. The van der Waals surface area contributed by atoms with Crippen LogP contribution in [-0.4, -0.2) is 16.3 Å². The van der Waals surface area contributed by atoms with Crippen LogP contribution in [0.4, 0.5) is 10.1 Å². The van der Waals surface area contributed by atoms with Crippen molar-refractivity contribution in [2.24, 2.45) is 7.05 Å². The lowest BCUT2D eigenvalue weighted by molar-refractivity contribution is 0.101. The molecule has 1 aromatic heterocycles. The highest BCUT2D eigenvalue weighted by Crippen LogP contribution is 2.13. The number of Topliss-reactive ketones (excluding diaryl/α,β-unsaturated/α-hetero) is 1. The Kier molecular flexibility index (Phi) is 3.46. The molecule has 0 spiro atoms. The molecule has 1 aromatic carbocycles. The van der Waals surface area contributed by atoms with Gasteiger partial charge in [-0.05, 0) is 31.2 Å². The van der Waals surface area contributed by atoms with Crippen molar-refractivity contribution in [2.75, 3.05) is 5.32 Å². The Morgan fingerprint density at radius 2 is 2.00 bits per heavy atom. The summed E-state index contributed by atoms with van der Waals surface area (Å²) in [6.45, 7) is 1.43. The second-order valence-electron chi connectivity index (χ2n) is 4.25. The van der Waals surface area contributed by atoms with Crippen LogP contribution in [-0.2, 0) is 7.05 Å². The molecular formula is C14H13FN2O2. The van der Waals surface area contributed by atoms with Crippen LogP contribution >= 0.6 is 0 Å². The maximum Gasteiger partial charge on any atom is 0.272 e. The summed E-state index contributed by atoms with van der Waals surface area (Å²) >= 11 is 0. The number of amides is 1. The molecule has 0 radical (unpaired) electrons. The van der Waals surface area contributed by atoms with E-state index in [4.69, 9.17) is 0 Å². The molecule has 1 N–H and O–H groups in total. The molecule has 98 valence electrons. The third-order valence-electron chi connectivity index (χ3n) is 2.73. The van der Waals surface area contributed by atoms with E-state index in [1.807, 2.05) is 0 Å². The van der Waals surface area contributed by atoms with Gasteiger partial charge in [-0.3, -0.25) is 9.59 Å². The maximum absolute atomic E-state index is 13.0. The lowest BCUT2D eigenvalue weighted by atomic mass is 10.2. The van der Waals surface area contributed by atoms with E-state index in [9.17, 15) is 14.0 Å². The van der Waals surface area contributed by atoms with E-state index in [1.165, 1.54) is 31.2 Å². The lowest BCUT2D eigenvalue weighted by Crippen LogP contribution is -2.15. The Morgan fingerprint density at radius 3 is 2.58 bits per heavy atom. The molecule has 5 heteroatoms. The number of hydrogen-bond donors (Lipinski definition) is 1. The summed E-state index contributed by atoms with van der Waals surface area (Å²) < 4.78 is 14.6. The normalized spacial score (nSPS) is 10.3. The number of aromatic nitrogens is 1. The van der Waals surface area contributed by atoms with Gasteiger partial charge in [0, 0.05) is 24.5 Å². The number of carbonyl (C=O) groups is 2. The topological polar surface area (TPSA) is 51.1 Å². The zero-order valence-corrected chi connectivity index (χ0v) is 10.6. The van der Waals surface area contributed by atoms with Gasteiger partial charge < -0.3 is 9.88 Å². The van der Waals surface area contributed by atoms with Gasteiger partial charge in [0.15, 0.2) is 5.78 Å². The van der Waals surface area contributed by atoms with Crippen LogP contribution in [0, 0.1) is 5.82 Å². The largest absolute Gasteiger partial charge is 0.346 e. The zero-order chi connectivity index (χ0) is 14.0. The van der Waals surface area contributed by atoms with E-state index in [1.54, 1.807) is 23.9 Å². The summed E-state index contributed by atoms with van der Waals surface area (Å²) in [7, 11) is 1.67. The predicted molar refractivity (Wildman–Crippen MR) is 69.8 cm³/mol. The first-order chi connectivity index (χ1) is 8.97. The molecule has 2 aromatic rings. The lowest BCUT2D eigenvalue weighted by Gasteiger charge is -2.05. The van der Waals surface area contributed by atoms with Crippen molar-refractivity contribution in [3.8, 4) is 0 Å². The molecule has 19 heavy (non-hydrogen) atoms. The van der Waals surface area contributed by atoms with Gasteiger partial charge in [0.25, 0.3) is 5.91 Å². The average Bonchev–Trinajstić information content (AvgIpc) is 2.71. The molecule has 2 rings (SSSR count). The predicted octanol–water partition coefficient (Wildman–Crippen LogP) is 2.62. The average molecular weight is 260 g/mol. The van der Waals surface area contributed by atoms with Crippen LogP contribution in [0.25, 0.3) is 0 Å². The van der Waals surface area contributed by atoms with Gasteiger partial charge in [-0.15, -0.1) is 0 Å². The summed E-state index contributed by atoms with van der Waals surface area (Å²) in [6.07, 6.45) is 1.59. The number of aryl methyl sites for hydroxylation is 1. The van der Waals surface area contributed by atoms with Crippen LogP contribution < -0.4 is 5.32 Å². The highest BCUT2D eigenvalue weighted by atomic mass is 19.1. The van der Waals surface area contributed by atoms with Crippen LogP contribution in [0.2, 0.25) is 0 Å². The van der Waals surface area contributed by atoms with Gasteiger partial charge in [0.05, 0.1) is 0 Å². The first kappa shape index (κ1) is 13.0. The molecule has 0 aliphatic rings. The van der Waals surface area contributed by atoms with Gasteiger partial charge in [-0.2, -0.15) is 0 Å². The minimum absolute atomic E-state index is 0.111. The summed E-state index contributed by atoms with van der Waals surface area (Å²) in [5.41, 5.74) is 1.18. The van der Waals surface area contributed by atoms with Crippen molar-refractivity contribution >= 4 is 17.4 Å². The first-order valence-electron chi connectivity index (χ1n) is 5.71. The smallest absolute Gasteiger partial charge is 0.272 e. The number of benzene rings is 1. The second-order valence-corrected chi connectivity index (χ2v) is 4.25. The fourth-order valence-electron chi connectivity index (χ4n) is 1.74. The number of nitrogens with one attached hydrogen (secondary N) is 1. The Balaban J connectivity index is 2.23. The number of halogens is 1. The molecule has 1 heterocycles. The molecule has 0 saturated heterocycles. The molecule has 0 fully saturated rings. The van der Waals surface area contributed by atoms with Gasteiger partial charge in [-0.25, -0.2) is 4.39 Å². The van der Waals surface area contributed by atoms with Gasteiger partial charge >= 0.3 is 0 Å². The van der Waals surface area contributed by atoms with E-state index in [0.717, 1.165) is 0 Å². The third-order valence-corrected chi connectivity index (χ3v) is 2.73. The van der Waals surface area contributed by atoms with Crippen LogP contribution in [0.5, 0.6) is 0 Å². The Bertz CT molecular complexity index is 647. The van der Waals surface area contributed by atoms with E-state index >= 15 is 0 Å². The third kappa shape index (κ3) is 2.88. The van der Waals surface area contributed by atoms with Crippen LogP contribution in [0.15, 0.2) is 36.5 Å². The standard InChI is InChI=1S/C14H13FN2O2/c1-9(18)10-6-13(17(2)8-10)14(19)16-12-5-3-4-11(15)7-12/h3-8H,1-2H3,(H,16,19). The monoisotopic (exact) mass is 260 g/mol. The zero-order valence-electron chi connectivity index (χ0n) is 10.6. The van der Waals surface area contributed by atoms with Crippen molar-refractivity contribution in [1.82, 2.24) is 4.57 Å². The molecule has 4 nitrogen and oxygen atoms in total. The van der Waals surface area contributed by atoms with Gasteiger partial charge in [0.2, 0.25) is 0 Å².